The van der Waals surface area contributed by atoms with Crippen molar-refractivity contribution < 1.29 is 4.74 Å². The smallest absolute Gasteiger partial charge is 0.142 e. The van der Waals surface area contributed by atoms with E-state index in [1.807, 2.05) is 24.3 Å². The molecule has 1 atom stereocenters. The monoisotopic (exact) mass is 248 g/mol. The quantitative estimate of drug-likeness (QED) is 0.814. The first-order valence-corrected chi connectivity index (χ1v) is 6.86. The van der Waals surface area contributed by atoms with Gasteiger partial charge in [0.2, 0.25) is 0 Å². The highest BCUT2D eigenvalue weighted by atomic mass is 16.5. The summed E-state index contributed by atoms with van der Waals surface area (Å²) in [6.07, 6.45) is 1.32. The maximum atomic E-state index is 5.84. The Morgan fingerprint density at radius 2 is 2.17 bits per heavy atom. The van der Waals surface area contributed by atoms with Gasteiger partial charge < -0.3 is 10.5 Å². The zero-order valence-electron chi connectivity index (χ0n) is 11.4. The van der Waals surface area contributed by atoms with Crippen molar-refractivity contribution in [3.05, 3.63) is 24.3 Å². The Bertz CT molecular complexity index is 379. The Kier molecular flexibility index (Phi) is 4.48. The van der Waals surface area contributed by atoms with Gasteiger partial charge in [-0.3, -0.25) is 4.90 Å². The van der Waals surface area contributed by atoms with Crippen LogP contribution in [0.5, 0.6) is 5.75 Å². The van der Waals surface area contributed by atoms with E-state index in [9.17, 15) is 0 Å². The number of likely N-dealkylation sites (tertiary alicyclic amines) is 1. The zero-order chi connectivity index (χ0) is 13.0. The molecule has 1 aromatic carbocycles. The molecule has 0 amide bonds. The number of anilines is 1. The molecule has 2 rings (SSSR count). The molecule has 18 heavy (non-hydrogen) atoms. The Morgan fingerprint density at radius 1 is 1.39 bits per heavy atom. The van der Waals surface area contributed by atoms with Gasteiger partial charge in [0.15, 0.2) is 0 Å². The van der Waals surface area contributed by atoms with E-state index in [0.717, 1.165) is 36.4 Å². The van der Waals surface area contributed by atoms with Crippen LogP contribution in [-0.2, 0) is 0 Å². The Hall–Kier alpha value is -1.22. The lowest BCUT2D eigenvalue weighted by Gasteiger charge is -2.18. The summed E-state index contributed by atoms with van der Waals surface area (Å²) in [5, 5.41) is 0. The third kappa shape index (κ3) is 3.39. The number of nitrogen functional groups attached to an aromatic ring is 1. The van der Waals surface area contributed by atoms with E-state index >= 15 is 0 Å². The van der Waals surface area contributed by atoms with Crippen molar-refractivity contribution in [1.82, 2.24) is 4.90 Å². The highest BCUT2D eigenvalue weighted by Gasteiger charge is 2.24. The standard InChI is InChI=1S/C15H24N2O/c1-12(2)13-7-8-17(11-13)9-10-18-15-6-4-3-5-14(15)16/h3-6,12-13H,7-11,16H2,1-2H3. The lowest BCUT2D eigenvalue weighted by atomic mass is 9.95. The van der Waals surface area contributed by atoms with Crippen LogP contribution in [0.2, 0.25) is 0 Å². The fraction of sp³-hybridized carbons (Fsp3) is 0.600. The van der Waals surface area contributed by atoms with Crippen LogP contribution in [0.3, 0.4) is 0 Å². The minimum atomic E-state index is 0.721. The normalized spacial score (nSPS) is 20.5. The summed E-state index contributed by atoms with van der Waals surface area (Å²) >= 11 is 0. The summed E-state index contributed by atoms with van der Waals surface area (Å²) in [5.74, 6) is 2.45. The number of para-hydroxylation sites is 2. The van der Waals surface area contributed by atoms with Gasteiger partial charge in [-0.15, -0.1) is 0 Å². The number of hydrogen-bond donors (Lipinski definition) is 1. The number of ether oxygens (including phenoxy) is 1. The topological polar surface area (TPSA) is 38.5 Å². The molecule has 1 saturated heterocycles. The van der Waals surface area contributed by atoms with Gasteiger partial charge in [0, 0.05) is 13.1 Å². The molecule has 0 aromatic heterocycles. The molecular weight excluding hydrogens is 224 g/mol. The number of benzene rings is 1. The SMILES string of the molecule is CC(C)C1CCN(CCOc2ccccc2N)C1. The van der Waals surface area contributed by atoms with Gasteiger partial charge in [-0.2, -0.15) is 0 Å². The lowest BCUT2D eigenvalue weighted by Crippen LogP contribution is -2.27. The van der Waals surface area contributed by atoms with E-state index < -0.39 is 0 Å². The van der Waals surface area contributed by atoms with Gasteiger partial charge in [-0.05, 0) is 36.9 Å². The van der Waals surface area contributed by atoms with Crippen LogP contribution < -0.4 is 10.5 Å². The Morgan fingerprint density at radius 3 is 2.83 bits per heavy atom. The van der Waals surface area contributed by atoms with Gasteiger partial charge in [-0.1, -0.05) is 26.0 Å². The molecule has 0 saturated carbocycles. The molecule has 0 spiro atoms. The largest absolute Gasteiger partial charge is 0.490 e. The zero-order valence-corrected chi connectivity index (χ0v) is 11.4. The summed E-state index contributed by atoms with van der Waals surface area (Å²) in [6, 6.07) is 7.68. The van der Waals surface area contributed by atoms with Gasteiger partial charge in [0.1, 0.15) is 12.4 Å². The van der Waals surface area contributed by atoms with Crippen molar-refractivity contribution in [2.45, 2.75) is 20.3 Å². The minimum Gasteiger partial charge on any atom is -0.490 e. The second kappa shape index (κ2) is 6.10. The number of rotatable bonds is 5. The van der Waals surface area contributed by atoms with Crippen molar-refractivity contribution in [3.8, 4) is 5.75 Å². The van der Waals surface area contributed by atoms with Crippen molar-refractivity contribution in [2.75, 3.05) is 32.0 Å². The van der Waals surface area contributed by atoms with Gasteiger partial charge >= 0.3 is 0 Å². The van der Waals surface area contributed by atoms with Crippen molar-refractivity contribution in [3.63, 3.8) is 0 Å². The number of nitrogens with zero attached hydrogens (tertiary/aromatic N) is 1. The first-order valence-electron chi connectivity index (χ1n) is 6.86. The van der Waals surface area contributed by atoms with E-state index in [2.05, 4.69) is 18.7 Å². The molecule has 1 aliphatic heterocycles. The van der Waals surface area contributed by atoms with E-state index in [4.69, 9.17) is 10.5 Å². The van der Waals surface area contributed by atoms with Crippen LogP contribution in [-0.4, -0.2) is 31.1 Å². The molecule has 0 aliphatic carbocycles. The molecule has 0 radical (unpaired) electrons. The molecule has 1 aromatic rings. The number of nitrogens with two attached hydrogens (primary N) is 1. The number of hydrogen-bond acceptors (Lipinski definition) is 3. The van der Waals surface area contributed by atoms with E-state index in [1.54, 1.807) is 0 Å². The summed E-state index contributed by atoms with van der Waals surface area (Å²) in [5.41, 5.74) is 6.56. The molecule has 0 bridgehead atoms. The van der Waals surface area contributed by atoms with Gasteiger partial charge in [0.05, 0.1) is 5.69 Å². The van der Waals surface area contributed by atoms with Gasteiger partial charge in [-0.25, -0.2) is 0 Å². The summed E-state index contributed by atoms with van der Waals surface area (Å²) in [7, 11) is 0. The molecular formula is C15H24N2O. The molecule has 3 nitrogen and oxygen atoms in total. The third-order valence-corrected chi connectivity index (χ3v) is 3.84. The molecule has 1 heterocycles. The minimum absolute atomic E-state index is 0.721. The Balaban J connectivity index is 1.72. The highest BCUT2D eigenvalue weighted by Crippen LogP contribution is 2.24. The van der Waals surface area contributed by atoms with Crippen LogP contribution in [0.15, 0.2) is 24.3 Å². The van der Waals surface area contributed by atoms with Crippen molar-refractivity contribution in [1.29, 1.82) is 0 Å². The summed E-state index contributed by atoms with van der Waals surface area (Å²) < 4.78 is 5.73. The van der Waals surface area contributed by atoms with Crippen molar-refractivity contribution >= 4 is 5.69 Å². The molecule has 1 fully saturated rings. The third-order valence-electron chi connectivity index (χ3n) is 3.84. The second-order valence-electron chi connectivity index (χ2n) is 5.48. The van der Waals surface area contributed by atoms with Crippen LogP contribution >= 0.6 is 0 Å². The molecule has 100 valence electrons. The fourth-order valence-electron chi connectivity index (χ4n) is 2.51. The molecule has 1 unspecified atom stereocenters. The first kappa shape index (κ1) is 13.2. The van der Waals surface area contributed by atoms with Gasteiger partial charge in [0.25, 0.3) is 0 Å². The molecule has 3 heteroatoms. The predicted molar refractivity (Wildman–Crippen MR) is 75.7 cm³/mol. The molecule has 2 N–H and O–H groups in total. The van der Waals surface area contributed by atoms with Crippen LogP contribution in [0.25, 0.3) is 0 Å². The maximum absolute atomic E-state index is 5.84. The summed E-state index contributed by atoms with van der Waals surface area (Å²) in [6.45, 7) is 8.77. The fourth-order valence-corrected chi connectivity index (χ4v) is 2.51. The van der Waals surface area contributed by atoms with E-state index in [-0.39, 0.29) is 0 Å². The average Bonchev–Trinajstić information content (AvgIpc) is 2.80. The summed E-state index contributed by atoms with van der Waals surface area (Å²) in [4.78, 5) is 2.49. The van der Waals surface area contributed by atoms with Crippen LogP contribution in [0.4, 0.5) is 5.69 Å². The van der Waals surface area contributed by atoms with E-state index in [1.165, 1.54) is 19.5 Å². The maximum Gasteiger partial charge on any atom is 0.142 e. The highest BCUT2D eigenvalue weighted by molar-refractivity contribution is 5.51. The average molecular weight is 248 g/mol. The first-order chi connectivity index (χ1) is 8.66. The van der Waals surface area contributed by atoms with Crippen molar-refractivity contribution in [2.24, 2.45) is 11.8 Å². The van der Waals surface area contributed by atoms with Crippen LogP contribution in [0, 0.1) is 11.8 Å². The molecule has 1 aliphatic rings. The lowest BCUT2D eigenvalue weighted by molar-refractivity contribution is 0.228. The predicted octanol–water partition coefficient (Wildman–Crippen LogP) is 2.63. The second-order valence-corrected chi connectivity index (χ2v) is 5.48. The van der Waals surface area contributed by atoms with Crippen LogP contribution in [0.1, 0.15) is 20.3 Å². The Labute approximate surface area is 110 Å². The van der Waals surface area contributed by atoms with E-state index in [0.29, 0.717) is 0 Å².